The van der Waals surface area contributed by atoms with Gasteiger partial charge in [-0.25, -0.2) is 9.71 Å². The molecular formula is C16H20N4O3S. The van der Waals surface area contributed by atoms with Crippen molar-refractivity contribution in [1.29, 1.82) is 0 Å². The average molecular weight is 348 g/mol. The Morgan fingerprint density at radius 1 is 1.33 bits per heavy atom. The standard InChI is InChI=1S/C16H20N4O3S/c1-17-24(22,23)19-7-6-13(15(21)9-19)16-12-5-3-2-4-11(12)14-8-18-10-20(14)16/h2-5,8,10,13,15-17,21H,6-7,9H2,1H3/t13-,15-,16-/m1/s1. The molecule has 8 heteroatoms. The SMILES string of the molecule is CNS(=O)(=O)N1CC[C@@H]([C@H]2c3ccccc3-c3cncn32)[C@H](O)C1. The molecule has 0 unspecified atom stereocenters. The third kappa shape index (κ3) is 2.29. The summed E-state index contributed by atoms with van der Waals surface area (Å²) in [5.74, 6) is -0.0510. The summed E-state index contributed by atoms with van der Waals surface area (Å²) in [6, 6.07) is 8.13. The summed E-state index contributed by atoms with van der Waals surface area (Å²) in [5.41, 5.74) is 3.36. The molecule has 3 heterocycles. The largest absolute Gasteiger partial charge is 0.391 e. The minimum atomic E-state index is -3.51. The Balaban J connectivity index is 1.66. The van der Waals surface area contributed by atoms with Gasteiger partial charge in [-0.1, -0.05) is 24.3 Å². The van der Waals surface area contributed by atoms with Crippen molar-refractivity contribution in [3.05, 3.63) is 42.4 Å². The number of aliphatic hydroxyl groups is 1. The maximum Gasteiger partial charge on any atom is 0.279 e. The quantitative estimate of drug-likeness (QED) is 0.850. The van der Waals surface area contributed by atoms with Gasteiger partial charge in [0.2, 0.25) is 0 Å². The Bertz CT molecular complexity index is 864. The molecular weight excluding hydrogens is 328 g/mol. The second-order valence-corrected chi connectivity index (χ2v) is 8.18. The number of hydrogen-bond donors (Lipinski definition) is 2. The van der Waals surface area contributed by atoms with Gasteiger partial charge in [0.1, 0.15) is 0 Å². The van der Waals surface area contributed by atoms with E-state index in [0.717, 1.165) is 11.3 Å². The number of fused-ring (bicyclic) bond motifs is 3. The molecule has 24 heavy (non-hydrogen) atoms. The topological polar surface area (TPSA) is 87.5 Å². The van der Waals surface area contributed by atoms with E-state index in [4.69, 9.17) is 0 Å². The lowest BCUT2D eigenvalue weighted by Crippen LogP contribution is -2.51. The number of rotatable bonds is 3. The summed E-state index contributed by atoms with van der Waals surface area (Å²) in [6.45, 7) is 0.504. The highest BCUT2D eigenvalue weighted by Gasteiger charge is 2.42. The number of aromatic nitrogens is 2. The lowest BCUT2D eigenvalue weighted by Gasteiger charge is -2.38. The summed E-state index contributed by atoms with van der Waals surface area (Å²) in [6.07, 6.45) is 3.50. The van der Waals surface area contributed by atoms with Gasteiger partial charge in [0.15, 0.2) is 0 Å². The number of hydrogen-bond acceptors (Lipinski definition) is 4. The summed E-state index contributed by atoms with van der Waals surface area (Å²) in [4.78, 5) is 4.25. The molecule has 2 aliphatic rings. The van der Waals surface area contributed by atoms with Crippen LogP contribution in [-0.4, -0.2) is 53.6 Å². The van der Waals surface area contributed by atoms with Crippen molar-refractivity contribution < 1.29 is 13.5 Å². The Morgan fingerprint density at radius 2 is 2.12 bits per heavy atom. The van der Waals surface area contributed by atoms with Crippen molar-refractivity contribution in [3.63, 3.8) is 0 Å². The van der Waals surface area contributed by atoms with Crippen molar-refractivity contribution in [2.24, 2.45) is 5.92 Å². The molecule has 0 saturated carbocycles. The fourth-order valence-electron chi connectivity index (χ4n) is 3.95. The van der Waals surface area contributed by atoms with Crippen molar-refractivity contribution in [1.82, 2.24) is 18.6 Å². The Morgan fingerprint density at radius 3 is 2.88 bits per heavy atom. The molecule has 1 fully saturated rings. The van der Waals surface area contributed by atoms with Crippen LogP contribution < -0.4 is 4.72 Å². The van der Waals surface area contributed by atoms with E-state index in [0.29, 0.717) is 13.0 Å². The Kier molecular flexibility index (Phi) is 3.72. The number of imidazole rings is 1. The molecule has 1 saturated heterocycles. The summed E-state index contributed by atoms with van der Waals surface area (Å²) in [5, 5.41) is 10.7. The fourth-order valence-corrected chi connectivity index (χ4v) is 4.90. The van der Waals surface area contributed by atoms with Gasteiger partial charge in [-0.05, 0) is 12.0 Å². The van der Waals surface area contributed by atoms with E-state index in [2.05, 4.69) is 26.4 Å². The van der Waals surface area contributed by atoms with Crippen LogP contribution >= 0.6 is 0 Å². The van der Waals surface area contributed by atoms with Crippen molar-refractivity contribution >= 4 is 10.2 Å². The fraction of sp³-hybridized carbons (Fsp3) is 0.438. The number of aliphatic hydroxyl groups excluding tert-OH is 1. The third-order valence-corrected chi connectivity index (χ3v) is 6.65. The highest BCUT2D eigenvalue weighted by Crippen LogP contribution is 2.45. The molecule has 0 amide bonds. The van der Waals surface area contributed by atoms with Gasteiger partial charge >= 0.3 is 0 Å². The van der Waals surface area contributed by atoms with E-state index in [1.807, 2.05) is 18.3 Å². The Hall–Kier alpha value is -1.74. The zero-order chi connectivity index (χ0) is 16.9. The third-order valence-electron chi connectivity index (χ3n) is 5.12. The molecule has 128 valence electrons. The van der Waals surface area contributed by atoms with Crippen LogP contribution in [0.2, 0.25) is 0 Å². The molecule has 1 aromatic heterocycles. The van der Waals surface area contributed by atoms with Crippen LogP contribution in [0.25, 0.3) is 11.3 Å². The smallest absolute Gasteiger partial charge is 0.279 e. The molecule has 7 nitrogen and oxygen atoms in total. The van der Waals surface area contributed by atoms with Crippen LogP contribution in [0.15, 0.2) is 36.8 Å². The first-order valence-electron chi connectivity index (χ1n) is 8.00. The highest BCUT2D eigenvalue weighted by atomic mass is 32.2. The first-order valence-corrected chi connectivity index (χ1v) is 9.45. The van der Waals surface area contributed by atoms with Gasteiger partial charge in [0.25, 0.3) is 10.2 Å². The second kappa shape index (κ2) is 5.66. The molecule has 3 atom stereocenters. The van der Waals surface area contributed by atoms with E-state index in [-0.39, 0.29) is 18.5 Å². The minimum Gasteiger partial charge on any atom is -0.391 e. The normalized spacial score (nSPS) is 27.0. The van der Waals surface area contributed by atoms with Gasteiger partial charge in [-0.2, -0.15) is 12.7 Å². The van der Waals surface area contributed by atoms with Crippen LogP contribution in [0.5, 0.6) is 0 Å². The molecule has 1 aromatic carbocycles. The second-order valence-electron chi connectivity index (χ2n) is 6.31. The molecule has 2 aliphatic heterocycles. The first-order chi connectivity index (χ1) is 11.5. The molecule has 0 aliphatic carbocycles. The van der Waals surface area contributed by atoms with Crippen molar-refractivity contribution in [2.75, 3.05) is 20.1 Å². The van der Waals surface area contributed by atoms with E-state index in [9.17, 15) is 13.5 Å². The van der Waals surface area contributed by atoms with Crippen molar-refractivity contribution in [3.8, 4) is 11.3 Å². The summed E-state index contributed by atoms with van der Waals surface area (Å²) < 4.78 is 29.7. The van der Waals surface area contributed by atoms with Crippen LogP contribution in [0.3, 0.4) is 0 Å². The summed E-state index contributed by atoms with van der Waals surface area (Å²) in [7, 11) is -2.12. The van der Waals surface area contributed by atoms with Crippen LogP contribution in [0.1, 0.15) is 18.0 Å². The van der Waals surface area contributed by atoms with E-state index >= 15 is 0 Å². The lowest BCUT2D eigenvalue weighted by atomic mass is 9.84. The highest BCUT2D eigenvalue weighted by molar-refractivity contribution is 7.87. The number of piperidine rings is 1. The van der Waals surface area contributed by atoms with Crippen LogP contribution in [-0.2, 0) is 10.2 Å². The Labute approximate surface area is 141 Å². The molecule has 0 spiro atoms. The van der Waals surface area contributed by atoms with Gasteiger partial charge in [0.05, 0.1) is 30.4 Å². The summed E-state index contributed by atoms with van der Waals surface area (Å²) >= 11 is 0. The first kappa shape index (κ1) is 15.8. The number of benzene rings is 1. The zero-order valence-electron chi connectivity index (χ0n) is 13.3. The molecule has 2 aromatic rings. The number of nitrogens with one attached hydrogen (secondary N) is 1. The molecule has 0 bridgehead atoms. The number of β-amino-alcohol motifs (C(OH)–C–C–N with tert-alkyl or cyclic N) is 1. The maximum absolute atomic E-state index is 12.0. The van der Waals surface area contributed by atoms with Gasteiger partial charge in [-0.3, -0.25) is 0 Å². The van der Waals surface area contributed by atoms with E-state index in [1.54, 1.807) is 6.33 Å². The predicted octanol–water partition coefficient (Wildman–Crippen LogP) is 0.600. The van der Waals surface area contributed by atoms with E-state index < -0.39 is 16.3 Å². The monoisotopic (exact) mass is 348 g/mol. The van der Waals surface area contributed by atoms with Crippen LogP contribution in [0.4, 0.5) is 0 Å². The number of nitrogens with zero attached hydrogens (tertiary/aromatic N) is 3. The van der Waals surface area contributed by atoms with E-state index in [1.165, 1.54) is 16.9 Å². The molecule has 2 N–H and O–H groups in total. The average Bonchev–Trinajstić information content (AvgIpc) is 3.16. The van der Waals surface area contributed by atoms with Crippen LogP contribution in [0, 0.1) is 5.92 Å². The van der Waals surface area contributed by atoms with Gasteiger partial charge < -0.3 is 9.67 Å². The molecule has 4 rings (SSSR count). The van der Waals surface area contributed by atoms with Gasteiger partial charge in [0, 0.05) is 31.6 Å². The predicted molar refractivity (Wildman–Crippen MR) is 89.5 cm³/mol. The lowest BCUT2D eigenvalue weighted by molar-refractivity contribution is 0.0340. The minimum absolute atomic E-state index is 0.00635. The van der Waals surface area contributed by atoms with Gasteiger partial charge in [-0.15, -0.1) is 0 Å². The zero-order valence-corrected chi connectivity index (χ0v) is 14.1. The maximum atomic E-state index is 12.0. The molecule has 0 radical (unpaired) electrons. The van der Waals surface area contributed by atoms with Crippen molar-refractivity contribution in [2.45, 2.75) is 18.6 Å².